The minimum absolute atomic E-state index is 0.783. The van der Waals surface area contributed by atoms with Crippen molar-refractivity contribution in [3.05, 3.63) is 64.7 Å². The Balaban J connectivity index is 0.000000921. The molecule has 0 bridgehead atoms. The average molecular weight is 324 g/mol. The molecule has 0 unspecified atom stereocenters. The van der Waals surface area contributed by atoms with E-state index in [1.165, 1.54) is 16.8 Å². The Bertz CT molecular complexity index is 483. The van der Waals surface area contributed by atoms with Crippen LogP contribution in [-0.4, -0.2) is 0 Å². The third kappa shape index (κ3) is 8.03. The summed E-state index contributed by atoms with van der Waals surface area (Å²) in [4.78, 5) is 0. The first-order chi connectivity index (χ1) is 10.3. The molecule has 0 saturated carbocycles. The van der Waals surface area contributed by atoms with Gasteiger partial charge in [-0.25, -0.2) is 0 Å². The number of benzene rings is 2. The Labute approximate surface area is 139 Å². The van der Waals surface area contributed by atoms with Gasteiger partial charge in [-0.2, -0.15) is 0 Å². The molecule has 1 N–H and O–H groups in total. The molecule has 2 aromatic rings. The van der Waals surface area contributed by atoms with E-state index < -0.39 is 0 Å². The Morgan fingerprint density at radius 1 is 0.905 bits per heavy atom. The van der Waals surface area contributed by atoms with Crippen molar-refractivity contribution in [2.45, 2.75) is 40.4 Å². The zero-order chi connectivity index (χ0) is 16.1. The number of nitrogens with one attached hydrogen (secondary N) is 1. The van der Waals surface area contributed by atoms with Crippen molar-refractivity contribution < 1.29 is 0 Å². The summed E-state index contributed by atoms with van der Waals surface area (Å²) in [6.07, 6.45) is 0. The van der Waals surface area contributed by atoms with Gasteiger partial charge in [0.2, 0.25) is 0 Å². The summed E-state index contributed by atoms with van der Waals surface area (Å²) in [6, 6.07) is 16.2. The van der Waals surface area contributed by atoms with Crippen LogP contribution in [0.3, 0.4) is 0 Å². The molecular weight excluding hydrogens is 298 g/mol. The normalized spacial score (nSPS) is 8.86. The number of halogens is 1. The fraction of sp³-hybridized carbons (Fsp3) is 0.333. The van der Waals surface area contributed by atoms with E-state index in [1.807, 2.05) is 52.0 Å². The number of aryl methyl sites for hydroxylation is 1. The molecule has 0 spiro atoms. The van der Waals surface area contributed by atoms with E-state index >= 15 is 0 Å². The number of hydrogen-bond donors (Lipinski definition) is 1. The van der Waals surface area contributed by atoms with E-state index in [2.05, 4.69) is 35.9 Å². The van der Waals surface area contributed by atoms with E-state index in [0.717, 1.165) is 10.8 Å². The third-order valence-electron chi connectivity index (χ3n) is 2.48. The highest BCUT2D eigenvalue weighted by Gasteiger charge is 1.97. The lowest BCUT2D eigenvalue weighted by Gasteiger charge is -2.08. The smallest absolute Gasteiger partial charge is 0.0469 e. The van der Waals surface area contributed by atoms with Crippen LogP contribution in [0.4, 0.5) is 5.69 Å². The average Bonchev–Trinajstić information content (AvgIpc) is 2.55. The Hall–Kier alpha value is -1.12. The molecule has 0 amide bonds. The highest BCUT2D eigenvalue weighted by molar-refractivity contribution is 7.99. The molecule has 0 aliphatic heterocycles. The molecule has 0 aliphatic carbocycles. The van der Waals surface area contributed by atoms with Gasteiger partial charge in [0.25, 0.3) is 0 Å². The van der Waals surface area contributed by atoms with Crippen molar-refractivity contribution in [2.24, 2.45) is 0 Å². The first-order valence-corrected chi connectivity index (χ1v) is 8.80. The van der Waals surface area contributed by atoms with E-state index in [0.29, 0.717) is 0 Å². The minimum Gasteiger partial charge on any atom is -0.329 e. The largest absolute Gasteiger partial charge is 0.329 e. The van der Waals surface area contributed by atoms with E-state index in [1.54, 1.807) is 11.9 Å². The van der Waals surface area contributed by atoms with Crippen LogP contribution in [0.25, 0.3) is 0 Å². The summed E-state index contributed by atoms with van der Waals surface area (Å²) in [6.45, 7) is 10.1. The van der Waals surface area contributed by atoms with Gasteiger partial charge >= 0.3 is 0 Å². The maximum atomic E-state index is 5.84. The molecular formula is C18H26ClNS. The molecule has 0 aromatic heterocycles. The van der Waals surface area contributed by atoms with Gasteiger partial charge in [-0.1, -0.05) is 69.6 Å². The molecule has 0 saturated heterocycles. The molecule has 0 fully saturated rings. The second-order valence-electron chi connectivity index (χ2n) is 3.83. The first-order valence-electron chi connectivity index (χ1n) is 7.43. The zero-order valence-electron chi connectivity index (χ0n) is 13.6. The van der Waals surface area contributed by atoms with Crippen LogP contribution in [-0.2, 0) is 5.75 Å². The lowest BCUT2D eigenvalue weighted by Crippen LogP contribution is -1.91. The molecule has 2 aromatic carbocycles. The maximum Gasteiger partial charge on any atom is 0.0469 e. The quantitative estimate of drug-likeness (QED) is 0.610. The van der Waals surface area contributed by atoms with Crippen LogP contribution in [0.5, 0.6) is 0 Å². The van der Waals surface area contributed by atoms with Crippen LogP contribution in [0, 0.1) is 6.92 Å². The lowest BCUT2D eigenvalue weighted by atomic mass is 10.2. The zero-order valence-corrected chi connectivity index (χ0v) is 15.2. The van der Waals surface area contributed by atoms with Crippen molar-refractivity contribution in [1.29, 1.82) is 0 Å². The lowest BCUT2D eigenvalue weighted by molar-refractivity contribution is 1.41. The van der Waals surface area contributed by atoms with Crippen LogP contribution < -0.4 is 4.72 Å². The van der Waals surface area contributed by atoms with Gasteiger partial charge in [0, 0.05) is 16.5 Å². The predicted molar refractivity (Wildman–Crippen MR) is 100 cm³/mol. The summed E-state index contributed by atoms with van der Waals surface area (Å²) in [7, 11) is 0. The van der Waals surface area contributed by atoms with Crippen LogP contribution in [0.2, 0.25) is 5.02 Å². The van der Waals surface area contributed by atoms with Crippen molar-refractivity contribution in [3.63, 3.8) is 0 Å². The van der Waals surface area contributed by atoms with E-state index in [4.69, 9.17) is 11.6 Å². The van der Waals surface area contributed by atoms with E-state index in [-0.39, 0.29) is 0 Å². The van der Waals surface area contributed by atoms with E-state index in [9.17, 15) is 0 Å². The third-order valence-corrected chi connectivity index (χ3v) is 3.57. The highest BCUT2D eigenvalue weighted by Crippen LogP contribution is 2.20. The number of rotatable bonds is 4. The molecule has 0 radical (unpaired) electrons. The van der Waals surface area contributed by atoms with Gasteiger partial charge < -0.3 is 4.72 Å². The minimum atomic E-state index is 0.783. The number of hydrogen-bond acceptors (Lipinski definition) is 2. The number of anilines is 1. The van der Waals surface area contributed by atoms with Crippen molar-refractivity contribution in [2.75, 3.05) is 4.72 Å². The highest BCUT2D eigenvalue weighted by atomic mass is 35.5. The molecule has 3 heteroatoms. The molecule has 0 heterocycles. The summed E-state index contributed by atoms with van der Waals surface area (Å²) in [5.74, 6) is 0.922. The SMILES string of the molecule is CC.CC.Cc1ccccc1NSCc1ccc(Cl)cc1. The Kier molecular flexibility index (Phi) is 11.9. The Morgan fingerprint density at radius 3 is 2.05 bits per heavy atom. The van der Waals surface area contributed by atoms with Crippen LogP contribution >= 0.6 is 23.5 Å². The van der Waals surface area contributed by atoms with Crippen LogP contribution in [0.15, 0.2) is 48.5 Å². The summed E-state index contributed by atoms with van der Waals surface area (Å²) >= 11 is 7.53. The van der Waals surface area contributed by atoms with Crippen molar-refractivity contribution in [3.8, 4) is 0 Å². The van der Waals surface area contributed by atoms with Crippen molar-refractivity contribution >= 4 is 29.2 Å². The monoisotopic (exact) mass is 323 g/mol. The van der Waals surface area contributed by atoms with Gasteiger partial charge in [0.15, 0.2) is 0 Å². The fourth-order valence-electron chi connectivity index (χ4n) is 1.47. The first kappa shape index (κ1) is 19.9. The molecule has 1 nitrogen and oxygen atoms in total. The fourth-order valence-corrected chi connectivity index (χ4v) is 2.41. The molecule has 0 aliphatic rings. The predicted octanol–water partition coefficient (Wildman–Crippen LogP) is 6.96. The number of para-hydroxylation sites is 1. The van der Waals surface area contributed by atoms with Gasteiger partial charge in [0.1, 0.15) is 0 Å². The van der Waals surface area contributed by atoms with Gasteiger partial charge in [-0.05, 0) is 48.2 Å². The molecule has 21 heavy (non-hydrogen) atoms. The standard InChI is InChI=1S/C14H14ClNS.2C2H6/c1-11-4-2-3-5-14(11)16-17-10-12-6-8-13(15)9-7-12;2*1-2/h2-9,16H,10H2,1H3;2*1-2H3. The summed E-state index contributed by atoms with van der Waals surface area (Å²) in [5.41, 5.74) is 3.70. The van der Waals surface area contributed by atoms with Gasteiger partial charge in [0.05, 0.1) is 0 Å². The maximum absolute atomic E-state index is 5.84. The molecule has 2 rings (SSSR count). The molecule has 116 valence electrons. The van der Waals surface area contributed by atoms with Crippen LogP contribution in [0.1, 0.15) is 38.8 Å². The second-order valence-corrected chi connectivity index (χ2v) is 5.05. The Morgan fingerprint density at radius 2 is 1.48 bits per heavy atom. The second kappa shape index (κ2) is 12.6. The topological polar surface area (TPSA) is 12.0 Å². The molecule has 0 atom stereocenters. The summed E-state index contributed by atoms with van der Waals surface area (Å²) < 4.78 is 3.36. The summed E-state index contributed by atoms with van der Waals surface area (Å²) in [5, 5.41) is 0.783. The van der Waals surface area contributed by atoms with Crippen molar-refractivity contribution in [1.82, 2.24) is 0 Å². The van der Waals surface area contributed by atoms with Gasteiger partial charge in [-0.15, -0.1) is 0 Å². The van der Waals surface area contributed by atoms with Gasteiger partial charge in [-0.3, -0.25) is 0 Å².